The summed E-state index contributed by atoms with van der Waals surface area (Å²) in [4.78, 5) is 27.9. The number of hydrogen-bond donors (Lipinski definition) is 4. The Labute approximate surface area is 442 Å². The van der Waals surface area contributed by atoms with Gasteiger partial charge in [0.1, 0.15) is 6.63 Å². The number of carbonyl (C=O) groups excluding carboxylic acids is 2. The van der Waals surface area contributed by atoms with Crippen LogP contribution < -0.4 is 5.32 Å². The number of nitrogens with zero attached hydrogens (tertiary/aromatic N) is 1. The van der Waals surface area contributed by atoms with Gasteiger partial charge in [0.25, 0.3) is 5.91 Å². The Morgan fingerprint density at radius 3 is 1.88 bits per heavy atom. The van der Waals surface area contributed by atoms with E-state index in [-0.39, 0.29) is 75.3 Å². The van der Waals surface area contributed by atoms with Crippen LogP contribution in [0.1, 0.15) is 98.7 Å². The third kappa shape index (κ3) is 15.5. The zero-order valence-corrected chi connectivity index (χ0v) is 40.3. The monoisotopic (exact) mass is 1140 g/mol. The van der Waals surface area contributed by atoms with Gasteiger partial charge in [0.15, 0.2) is 9.84 Å². The standard InChI is InChI=1S/C29H27ClF4N2O4S.C18H13ClF3NO2.C2H5BrO.2CH4/c1-2-41(39,40)24-8-4-18(5-9-24)26(17-37)35-28(38)20-6-10-27-21(13-20)15-23(36(27)12-11-31)14-19-3-7-22(30)16-25(19)29(32,33)34;1-25-17(24)11-3-5-16-12(6-11)8-14(23-16)7-10-2-4-13(19)9-15(10)18(20,21)22;3-1-2-4;;/h3-10,13,15-16,26,37H,2,11-12,14,17H2,1H3,(H,35,38);2-6,8-9,23H,7H2,1H3;4H,1-2H2;2*1H4/t26-;;;;/m0..../s1/i11D2,12D2;;1D2,2D2;;. The summed E-state index contributed by atoms with van der Waals surface area (Å²) >= 11 is 13.8. The summed E-state index contributed by atoms with van der Waals surface area (Å²) in [5.74, 6) is -1.29. The molecule has 5 aromatic carbocycles. The van der Waals surface area contributed by atoms with Gasteiger partial charge in [-0.05, 0) is 102 Å². The highest BCUT2D eigenvalue weighted by Gasteiger charge is 2.35. The second kappa shape index (κ2) is 26.5. The number of fused-ring (bicyclic) bond motifs is 2. The molecule has 0 unspecified atom stereocenters. The van der Waals surface area contributed by atoms with Gasteiger partial charge in [0.05, 0.1) is 68.4 Å². The molecule has 72 heavy (non-hydrogen) atoms. The van der Waals surface area contributed by atoms with Gasteiger partial charge in [-0.15, -0.1) is 0 Å². The highest BCUT2D eigenvalue weighted by Crippen LogP contribution is 2.37. The number of nitrogens with one attached hydrogen (secondary N) is 2. The molecule has 0 aliphatic rings. The fraction of sp³-hybridized carbons (Fsp3) is 0.294. The largest absolute Gasteiger partial charge is 0.465 e. The summed E-state index contributed by atoms with van der Waals surface area (Å²) in [5.41, 5.74) is -0.278. The lowest BCUT2D eigenvalue weighted by Crippen LogP contribution is -2.30. The molecule has 0 aliphatic heterocycles. The summed E-state index contributed by atoms with van der Waals surface area (Å²) in [5, 5.41) is 19.1. The Kier molecular flexibility index (Phi) is 18.0. The normalized spacial score (nSPS) is 14.3. The van der Waals surface area contributed by atoms with Crippen LogP contribution in [-0.2, 0) is 46.3 Å². The predicted molar refractivity (Wildman–Crippen MR) is 272 cm³/mol. The highest BCUT2D eigenvalue weighted by atomic mass is 79.9. The number of ether oxygens (including phenoxy) is 1. The van der Waals surface area contributed by atoms with Gasteiger partial charge < -0.3 is 29.8 Å². The van der Waals surface area contributed by atoms with Gasteiger partial charge in [-0.1, -0.05) is 85.2 Å². The Balaban J connectivity index is 0.000000402. The molecular formula is C51H53BrCl2F7N3O7S. The maximum absolute atomic E-state index is 14.6. The number of aliphatic hydroxyl groups is 2. The molecule has 7 rings (SSSR count). The van der Waals surface area contributed by atoms with Crippen molar-refractivity contribution < 1.29 is 74.7 Å². The average molecular weight is 1140 g/mol. The molecule has 21 heteroatoms. The van der Waals surface area contributed by atoms with Crippen LogP contribution >= 0.6 is 39.1 Å². The Bertz CT molecular complexity index is 3420. The molecule has 0 bridgehead atoms. The first-order chi connectivity index (χ1) is 35.8. The van der Waals surface area contributed by atoms with Crippen LogP contribution in [0.2, 0.25) is 10.0 Å². The smallest absolute Gasteiger partial charge is 0.416 e. The lowest BCUT2D eigenvalue weighted by molar-refractivity contribution is -0.139. The number of aryl methyl sites for hydroxylation is 1. The number of halogens is 10. The molecule has 4 N–H and O–H groups in total. The lowest BCUT2D eigenvalue weighted by Gasteiger charge is -2.17. The number of H-pyrrole nitrogens is 1. The predicted octanol–water partition coefficient (Wildman–Crippen LogP) is 13.0. The molecule has 0 saturated carbocycles. The van der Waals surface area contributed by atoms with Gasteiger partial charge in [0, 0.05) is 69.7 Å². The molecule has 0 aliphatic carbocycles. The fourth-order valence-corrected chi connectivity index (χ4v) is 8.36. The van der Waals surface area contributed by atoms with E-state index in [0.29, 0.717) is 27.5 Å². The molecule has 0 spiro atoms. The number of benzene rings is 5. The van der Waals surface area contributed by atoms with Crippen LogP contribution in [0.25, 0.3) is 21.8 Å². The van der Waals surface area contributed by atoms with Crippen molar-refractivity contribution in [2.24, 2.45) is 0 Å². The molecule has 0 fully saturated rings. The zero-order chi connectivity index (χ0) is 58.7. The minimum atomic E-state index is -4.83. The van der Waals surface area contributed by atoms with Crippen molar-refractivity contribution >= 4 is 82.7 Å². The van der Waals surface area contributed by atoms with Gasteiger partial charge in [0.2, 0.25) is 0 Å². The summed E-state index contributed by atoms with van der Waals surface area (Å²) in [6, 6.07) is 22.9. The topological polar surface area (TPSA) is 151 Å². The van der Waals surface area contributed by atoms with Crippen molar-refractivity contribution in [3.05, 3.63) is 170 Å². The number of aliphatic hydroxyl groups excluding tert-OH is 1. The number of aromatic amines is 1. The highest BCUT2D eigenvalue weighted by molar-refractivity contribution is 9.09. The van der Waals surface area contributed by atoms with Crippen molar-refractivity contribution in [3.63, 3.8) is 0 Å². The number of hydrogen-bond acceptors (Lipinski definition) is 7. The summed E-state index contributed by atoms with van der Waals surface area (Å²) in [6.45, 7) is -9.21. The van der Waals surface area contributed by atoms with Gasteiger partial charge in [-0.2, -0.15) is 26.3 Å². The number of aromatic nitrogens is 2. The Morgan fingerprint density at radius 2 is 1.36 bits per heavy atom. The van der Waals surface area contributed by atoms with Crippen molar-refractivity contribution in [2.75, 3.05) is 37.9 Å². The number of methoxy groups -OCH3 is 1. The van der Waals surface area contributed by atoms with Crippen LogP contribution in [0.5, 0.6) is 0 Å². The Morgan fingerprint density at radius 1 is 0.806 bits per heavy atom. The number of rotatable bonds is 14. The molecule has 390 valence electrons. The maximum atomic E-state index is 14.6. The van der Waals surface area contributed by atoms with E-state index in [4.69, 9.17) is 39.3 Å². The maximum Gasteiger partial charge on any atom is 0.416 e. The van der Waals surface area contributed by atoms with Crippen LogP contribution in [-0.4, -0.2) is 78.0 Å². The molecule has 7 aromatic rings. The van der Waals surface area contributed by atoms with Crippen molar-refractivity contribution in [2.45, 2.75) is 64.4 Å². The van der Waals surface area contributed by atoms with Crippen LogP contribution in [0, 0.1) is 0 Å². The molecule has 1 atom stereocenters. The molecular weight excluding hydrogens is 1080 g/mol. The minimum absolute atomic E-state index is 0. The van der Waals surface area contributed by atoms with Gasteiger partial charge in [-0.25, -0.2) is 17.6 Å². The number of carbonyl (C=O) groups is 2. The van der Waals surface area contributed by atoms with E-state index in [1.807, 2.05) is 0 Å². The first kappa shape index (κ1) is 48.8. The third-order valence-corrected chi connectivity index (χ3v) is 12.8. The molecule has 10 nitrogen and oxygen atoms in total. The minimum Gasteiger partial charge on any atom is -0.465 e. The Hall–Kier alpha value is -5.44. The zero-order valence-electron chi connectivity index (χ0n) is 44.4. The molecule has 2 aromatic heterocycles. The van der Waals surface area contributed by atoms with Crippen molar-refractivity contribution in [1.82, 2.24) is 14.9 Å². The molecule has 0 radical (unpaired) electrons. The first-order valence-electron chi connectivity index (χ1n) is 24.2. The van der Waals surface area contributed by atoms with Crippen molar-refractivity contribution in [1.29, 1.82) is 0 Å². The van der Waals surface area contributed by atoms with Crippen LogP contribution in [0.15, 0.2) is 114 Å². The molecule has 1 amide bonds. The molecule has 0 saturated heterocycles. The summed E-state index contributed by atoms with van der Waals surface area (Å²) in [6.07, 6.45) is -9.84. The second-order valence-electron chi connectivity index (χ2n) is 14.9. The van der Waals surface area contributed by atoms with E-state index >= 15 is 0 Å². The lowest BCUT2D eigenvalue weighted by atomic mass is 10.0. The second-order valence-corrected chi connectivity index (χ2v) is 18.4. The van der Waals surface area contributed by atoms with Crippen LogP contribution in [0.4, 0.5) is 30.7 Å². The summed E-state index contributed by atoms with van der Waals surface area (Å²) < 4.78 is 182. The van der Waals surface area contributed by atoms with Crippen molar-refractivity contribution in [3.8, 4) is 0 Å². The number of alkyl halides is 8. The van der Waals surface area contributed by atoms with E-state index in [2.05, 4.69) is 31.0 Å². The third-order valence-electron chi connectivity index (χ3n) is 10.5. The number of sulfone groups is 1. The van der Waals surface area contributed by atoms with E-state index in [1.165, 1.54) is 80.8 Å². The van der Waals surface area contributed by atoms with Gasteiger partial charge >= 0.3 is 18.3 Å². The van der Waals surface area contributed by atoms with E-state index in [0.717, 1.165) is 23.0 Å². The van der Waals surface area contributed by atoms with E-state index < -0.39 is 89.2 Å². The van der Waals surface area contributed by atoms with Gasteiger partial charge in [-0.3, -0.25) is 4.79 Å². The van der Waals surface area contributed by atoms with E-state index in [9.17, 15) is 53.8 Å². The van der Waals surface area contributed by atoms with E-state index in [1.54, 1.807) is 24.3 Å². The average Bonchev–Trinajstić information content (AvgIpc) is 3.92. The fourth-order valence-electron chi connectivity index (χ4n) is 7.13. The quantitative estimate of drug-likeness (QED) is 0.0481. The van der Waals surface area contributed by atoms with Crippen LogP contribution in [0.3, 0.4) is 0 Å². The first-order valence-corrected chi connectivity index (χ1v) is 23.4. The number of esters is 1. The molecule has 2 heterocycles. The number of amides is 1. The summed E-state index contributed by atoms with van der Waals surface area (Å²) in [7, 11) is -2.19. The SMILES string of the molecule is C.C.COC(=O)c1ccc2[nH]c(Cc3ccc(Cl)cc3C(F)(F)F)cc2c1.[2H]C([2H])(F)C([2H])([2H])n1c(Cc2ccc(Cl)cc2C(F)(F)F)cc2cc(C(=O)N[C@@H](CO)c3ccc(S(=O)(=O)CC)cc3)ccc21.[2H]C([2H])(O)C([2H])([2H])Br.